The molecule has 0 rings (SSSR count). The summed E-state index contributed by atoms with van der Waals surface area (Å²) in [6.07, 6.45) is 0.376. The Hall–Kier alpha value is -0.370. The van der Waals surface area contributed by atoms with Gasteiger partial charge in [0.1, 0.15) is 6.17 Å². The maximum absolute atomic E-state index is 12.0. The minimum absolute atomic E-state index is 0.365. The highest BCUT2D eigenvalue weighted by atomic mass is 19.1. The van der Waals surface area contributed by atoms with E-state index in [0.29, 0.717) is 6.54 Å². The molecule has 0 aliphatic heterocycles. The van der Waals surface area contributed by atoms with E-state index in [1.54, 1.807) is 7.05 Å². The van der Waals surface area contributed by atoms with E-state index < -0.39 is 6.17 Å². The summed E-state index contributed by atoms with van der Waals surface area (Å²) in [5, 5.41) is 2.67. The third-order valence-corrected chi connectivity index (χ3v) is 0.655. The number of nitrogens with one attached hydrogen (secondary N) is 1. The molecule has 0 amide bonds. The van der Waals surface area contributed by atoms with Gasteiger partial charge in [-0.2, -0.15) is 0 Å². The first-order chi connectivity index (χ1) is 3.31. The third kappa shape index (κ3) is 3.46. The van der Waals surface area contributed by atoms with Gasteiger partial charge in [0.15, 0.2) is 0 Å². The first kappa shape index (κ1) is 6.63. The van der Waals surface area contributed by atoms with E-state index >= 15 is 0 Å². The summed E-state index contributed by atoms with van der Waals surface area (Å²) in [5.74, 6) is 0. The number of alkyl halides is 1. The Morgan fingerprint density at radius 3 is 2.71 bits per heavy atom. The molecule has 0 radical (unpaired) electrons. The van der Waals surface area contributed by atoms with Crippen LogP contribution in [0.15, 0.2) is 12.7 Å². The van der Waals surface area contributed by atoms with Crippen LogP contribution in [0.2, 0.25) is 0 Å². The van der Waals surface area contributed by atoms with Crippen LogP contribution in [-0.4, -0.2) is 19.8 Å². The summed E-state index contributed by atoms with van der Waals surface area (Å²) in [6.45, 7) is 3.63. The fourth-order valence-electron chi connectivity index (χ4n) is 0.278. The van der Waals surface area contributed by atoms with Gasteiger partial charge in [-0.3, -0.25) is 0 Å². The van der Waals surface area contributed by atoms with E-state index in [1.807, 2.05) is 0 Å². The molecule has 1 N–H and O–H groups in total. The van der Waals surface area contributed by atoms with Crippen molar-refractivity contribution in [3.63, 3.8) is 0 Å². The fraction of sp³-hybridized carbons (Fsp3) is 0.600. The van der Waals surface area contributed by atoms with Crippen molar-refractivity contribution in [1.82, 2.24) is 5.32 Å². The van der Waals surface area contributed by atoms with Crippen LogP contribution in [-0.2, 0) is 0 Å². The monoisotopic (exact) mass is 103 g/mol. The lowest BCUT2D eigenvalue weighted by Crippen LogP contribution is -2.17. The van der Waals surface area contributed by atoms with Crippen LogP contribution in [0.5, 0.6) is 0 Å². The number of hydrogen-bond acceptors (Lipinski definition) is 1. The maximum Gasteiger partial charge on any atom is 0.130 e. The summed E-state index contributed by atoms with van der Waals surface area (Å²) in [4.78, 5) is 0. The van der Waals surface area contributed by atoms with Gasteiger partial charge in [-0.15, -0.1) is 6.58 Å². The van der Waals surface area contributed by atoms with Crippen molar-refractivity contribution in [2.24, 2.45) is 0 Å². The molecule has 0 unspecified atom stereocenters. The van der Waals surface area contributed by atoms with Gasteiger partial charge in [-0.25, -0.2) is 4.39 Å². The first-order valence-electron chi connectivity index (χ1n) is 2.22. The van der Waals surface area contributed by atoms with Gasteiger partial charge >= 0.3 is 0 Å². The van der Waals surface area contributed by atoms with E-state index in [2.05, 4.69) is 11.9 Å². The van der Waals surface area contributed by atoms with Crippen molar-refractivity contribution in [1.29, 1.82) is 0 Å². The summed E-state index contributed by atoms with van der Waals surface area (Å²) in [6, 6.07) is 0. The molecule has 0 spiro atoms. The van der Waals surface area contributed by atoms with Gasteiger partial charge in [0, 0.05) is 6.54 Å². The predicted octanol–water partition coefficient (Wildman–Crippen LogP) is 0.730. The molecule has 1 nitrogen and oxygen atoms in total. The van der Waals surface area contributed by atoms with Crippen LogP contribution >= 0.6 is 0 Å². The second-order valence-electron chi connectivity index (χ2n) is 1.31. The summed E-state index contributed by atoms with van der Waals surface area (Å²) in [5.41, 5.74) is 0. The highest BCUT2D eigenvalue weighted by molar-refractivity contribution is 4.79. The van der Waals surface area contributed by atoms with E-state index in [-0.39, 0.29) is 0 Å². The van der Waals surface area contributed by atoms with Gasteiger partial charge < -0.3 is 5.32 Å². The van der Waals surface area contributed by atoms with Gasteiger partial charge in [-0.1, -0.05) is 6.08 Å². The van der Waals surface area contributed by atoms with Gasteiger partial charge in [0.25, 0.3) is 0 Å². The van der Waals surface area contributed by atoms with E-state index in [9.17, 15) is 4.39 Å². The average molecular weight is 103 g/mol. The Labute approximate surface area is 43.2 Å². The Kier molecular flexibility index (Phi) is 3.61. The second kappa shape index (κ2) is 3.81. The molecule has 0 aromatic heterocycles. The molecular formula is C5H10FN. The lowest BCUT2D eigenvalue weighted by Gasteiger charge is -1.96. The molecule has 0 aromatic rings. The van der Waals surface area contributed by atoms with Crippen LogP contribution in [0.3, 0.4) is 0 Å². The first-order valence-corrected chi connectivity index (χ1v) is 2.22. The molecule has 0 aliphatic rings. The molecule has 42 valence electrons. The van der Waals surface area contributed by atoms with Crippen molar-refractivity contribution in [2.45, 2.75) is 6.17 Å². The van der Waals surface area contributed by atoms with Crippen molar-refractivity contribution < 1.29 is 4.39 Å². The highest BCUT2D eigenvalue weighted by Gasteiger charge is 1.93. The molecule has 0 bridgehead atoms. The molecule has 0 saturated carbocycles. The van der Waals surface area contributed by atoms with Crippen LogP contribution in [0.25, 0.3) is 0 Å². The van der Waals surface area contributed by atoms with E-state index in [0.717, 1.165) is 0 Å². The number of hydrogen-bond donors (Lipinski definition) is 1. The minimum Gasteiger partial charge on any atom is -0.317 e. The zero-order valence-corrected chi connectivity index (χ0v) is 4.45. The van der Waals surface area contributed by atoms with Crippen molar-refractivity contribution in [3.8, 4) is 0 Å². The highest BCUT2D eigenvalue weighted by Crippen LogP contribution is 1.85. The van der Waals surface area contributed by atoms with Crippen LogP contribution < -0.4 is 5.32 Å². The maximum atomic E-state index is 12.0. The molecule has 2 heteroatoms. The Morgan fingerprint density at radius 1 is 2.00 bits per heavy atom. The lowest BCUT2D eigenvalue weighted by molar-refractivity contribution is 0.390. The number of rotatable bonds is 3. The molecular weight excluding hydrogens is 93.1 g/mol. The molecule has 0 aromatic carbocycles. The van der Waals surface area contributed by atoms with Crippen molar-refractivity contribution >= 4 is 0 Å². The standard InChI is InChI=1S/C5H10FN/c1-3-5(6)4-7-2/h3,5,7H,1,4H2,2H3/t5-/m0/s1. The largest absolute Gasteiger partial charge is 0.317 e. The topological polar surface area (TPSA) is 12.0 Å². The van der Waals surface area contributed by atoms with Crippen LogP contribution in [0.4, 0.5) is 4.39 Å². The van der Waals surface area contributed by atoms with Crippen molar-refractivity contribution in [2.75, 3.05) is 13.6 Å². The van der Waals surface area contributed by atoms with E-state index in [4.69, 9.17) is 0 Å². The lowest BCUT2D eigenvalue weighted by atomic mass is 10.4. The molecule has 7 heavy (non-hydrogen) atoms. The fourth-order valence-corrected chi connectivity index (χ4v) is 0.278. The SMILES string of the molecule is C=C[C@H](F)CNC. The molecule has 1 atom stereocenters. The minimum atomic E-state index is -0.898. The van der Waals surface area contributed by atoms with E-state index in [1.165, 1.54) is 6.08 Å². The third-order valence-electron chi connectivity index (χ3n) is 0.655. The predicted molar refractivity (Wildman–Crippen MR) is 29.0 cm³/mol. The molecule has 0 aliphatic carbocycles. The smallest absolute Gasteiger partial charge is 0.130 e. The number of halogens is 1. The van der Waals surface area contributed by atoms with Gasteiger partial charge in [0.05, 0.1) is 0 Å². The molecule has 0 saturated heterocycles. The van der Waals surface area contributed by atoms with Crippen LogP contribution in [0, 0.1) is 0 Å². The van der Waals surface area contributed by atoms with Crippen molar-refractivity contribution in [3.05, 3.63) is 12.7 Å². The zero-order valence-electron chi connectivity index (χ0n) is 4.45. The summed E-state index contributed by atoms with van der Waals surface area (Å²) >= 11 is 0. The quantitative estimate of drug-likeness (QED) is 0.519. The Morgan fingerprint density at radius 2 is 2.57 bits per heavy atom. The zero-order chi connectivity index (χ0) is 5.70. The van der Waals surface area contributed by atoms with Crippen LogP contribution in [0.1, 0.15) is 0 Å². The average Bonchev–Trinajstić information content (AvgIpc) is 1.68. The second-order valence-corrected chi connectivity index (χ2v) is 1.31. The van der Waals surface area contributed by atoms with Gasteiger partial charge in [0.2, 0.25) is 0 Å². The normalized spacial score (nSPS) is 13.4. The molecule has 0 fully saturated rings. The van der Waals surface area contributed by atoms with Gasteiger partial charge in [-0.05, 0) is 7.05 Å². The summed E-state index contributed by atoms with van der Waals surface area (Å²) < 4.78 is 12.0. The molecule has 0 heterocycles. The summed E-state index contributed by atoms with van der Waals surface area (Å²) in [7, 11) is 1.70. The Bertz CT molecular complexity index is 54.0. The Balaban J connectivity index is 2.98.